The summed E-state index contributed by atoms with van der Waals surface area (Å²) in [5, 5.41) is 0. The summed E-state index contributed by atoms with van der Waals surface area (Å²) >= 11 is 0. The number of nitrogens with zero attached hydrogens (tertiary/aromatic N) is 1. The molecule has 1 heterocycles. The highest BCUT2D eigenvalue weighted by molar-refractivity contribution is 5.23. The fraction of sp³-hybridized carbons (Fsp3) is 0.600. The Labute approximate surface area is 108 Å². The van der Waals surface area contributed by atoms with Crippen LogP contribution in [0.2, 0.25) is 0 Å². The van der Waals surface area contributed by atoms with Crippen LogP contribution in [0.25, 0.3) is 0 Å². The Morgan fingerprint density at radius 1 is 1.11 bits per heavy atom. The van der Waals surface area contributed by atoms with Crippen molar-refractivity contribution in [3.63, 3.8) is 0 Å². The molecule has 1 saturated carbocycles. The summed E-state index contributed by atoms with van der Waals surface area (Å²) in [6.07, 6.45) is 4.88. The van der Waals surface area contributed by atoms with E-state index in [0.717, 1.165) is 19.5 Å². The van der Waals surface area contributed by atoms with Gasteiger partial charge in [0, 0.05) is 25.2 Å². The lowest BCUT2D eigenvalue weighted by molar-refractivity contribution is 0.225. The van der Waals surface area contributed by atoms with E-state index < -0.39 is 0 Å². The molecule has 1 aliphatic carbocycles. The predicted molar refractivity (Wildman–Crippen MR) is 70.9 cm³/mol. The molecule has 3 heteroatoms. The SMILES string of the molecule is N[C@@H]1CCN([C@H]2CCC[C@@H]2c2ccc(F)cc2)C1. The third-order valence-corrected chi connectivity index (χ3v) is 4.50. The van der Waals surface area contributed by atoms with Crippen LogP contribution >= 0.6 is 0 Å². The zero-order chi connectivity index (χ0) is 12.5. The highest BCUT2D eigenvalue weighted by atomic mass is 19.1. The van der Waals surface area contributed by atoms with E-state index in [0.29, 0.717) is 18.0 Å². The number of halogens is 1. The summed E-state index contributed by atoms with van der Waals surface area (Å²) in [4.78, 5) is 2.55. The highest BCUT2D eigenvalue weighted by Gasteiger charge is 2.35. The fourth-order valence-electron chi connectivity index (χ4n) is 3.59. The van der Waals surface area contributed by atoms with Gasteiger partial charge in [0.05, 0.1) is 0 Å². The molecule has 1 aromatic rings. The van der Waals surface area contributed by atoms with E-state index in [2.05, 4.69) is 4.90 Å². The van der Waals surface area contributed by atoms with E-state index in [4.69, 9.17) is 5.73 Å². The molecule has 2 nitrogen and oxygen atoms in total. The first-order chi connectivity index (χ1) is 8.74. The Hall–Kier alpha value is -0.930. The van der Waals surface area contributed by atoms with Crippen molar-refractivity contribution in [2.45, 2.75) is 43.7 Å². The lowest BCUT2D eigenvalue weighted by Gasteiger charge is -2.29. The van der Waals surface area contributed by atoms with Crippen molar-refractivity contribution in [2.24, 2.45) is 5.73 Å². The third kappa shape index (κ3) is 2.29. The topological polar surface area (TPSA) is 29.3 Å². The van der Waals surface area contributed by atoms with Gasteiger partial charge in [-0.25, -0.2) is 4.39 Å². The lowest BCUT2D eigenvalue weighted by atomic mass is 9.93. The maximum atomic E-state index is 13.0. The Bertz CT molecular complexity index is 403. The minimum Gasteiger partial charge on any atom is -0.326 e. The number of likely N-dealkylation sites (tertiary alicyclic amines) is 1. The summed E-state index contributed by atoms with van der Waals surface area (Å²) in [5.74, 6) is 0.424. The van der Waals surface area contributed by atoms with E-state index in [1.807, 2.05) is 12.1 Å². The zero-order valence-corrected chi connectivity index (χ0v) is 10.7. The minimum atomic E-state index is -0.142. The van der Waals surface area contributed by atoms with Gasteiger partial charge in [0.1, 0.15) is 5.82 Å². The number of hydrogen-bond donors (Lipinski definition) is 1. The molecule has 18 heavy (non-hydrogen) atoms. The molecule has 3 atom stereocenters. The first kappa shape index (κ1) is 12.1. The summed E-state index contributed by atoms with van der Waals surface area (Å²) in [6.45, 7) is 2.16. The lowest BCUT2D eigenvalue weighted by Crippen LogP contribution is -2.37. The van der Waals surface area contributed by atoms with E-state index in [9.17, 15) is 4.39 Å². The third-order valence-electron chi connectivity index (χ3n) is 4.50. The highest BCUT2D eigenvalue weighted by Crippen LogP contribution is 2.38. The zero-order valence-electron chi connectivity index (χ0n) is 10.7. The minimum absolute atomic E-state index is 0.142. The molecule has 2 aliphatic rings. The molecule has 0 spiro atoms. The van der Waals surface area contributed by atoms with Crippen molar-refractivity contribution in [2.75, 3.05) is 13.1 Å². The fourth-order valence-corrected chi connectivity index (χ4v) is 3.59. The van der Waals surface area contributed by atoms with Gasteiger partial charge in [0.15, 0.2) is 0 Å². The van der Waals surface area contributed by atoms with Gasteiger partial charge in [-0.2, -0.15) is 0 Å². The van der Waals surface area contributed by atoms with Gasteiger partial charge in [0.2, 0.25) is 0 Å². The van der Waals surface area contributed by atoms with Crippen molar-refractivity contribution in [1.29, 1.82) is 0 Å². The molecule has 0 aromatic heterocycles. The van der Waals surface area contributed by atoms with Gasteiger partial charge in [-0.3, -0.25) is 4.90 Å². The van der Waals surface area contributed by atoms with Crippen molar-refractivity contribution < 1.29 is 4.39 Å². The largest absolute Gasteiger partial charge is 0.326 e. The summed E-state index contributed by atoms with van der Waals surface area (Å²) in [7, 11) is 0. The molecule has 2 N–H and O–H groups in total. The van der Waals surface area contributed by atoms with Crippen LogP contribution in [-0.2, 0) is 0 Å². The summed E-state index contributed by atoms with van der Waals surface area (Å²) < 4.78 is 13.0. The van der Waals surface area contributed by atoms with Crippen LogP contribution in [0, 0.1) is 5.82 Å². The molecule has 98 valence electrons. The summed E-state index contributed by atoms with van der Waals surface area (Å²) in [5.41, 5.74) is 7.30. The molecule has 1 aromatic carbocycles. The Kier molecular flexibility index (Phi) is 3.35. The number of benzene rings is 1. The molecular formula is C15H21FN2. The quantitative estimate of drug-likeness (QED) is 0.871. The van der Waals surface area contributed by atoms with Crippen LogP contribution in [0.4, 0.5) is 4.39 Å². The molecule has 3 rings (SSSR count). The molecule has 0 unspecified atom stereocenters. The number of hydrogen-bond acceptors (Lipinski definition) is 2. The molecule has 0 amide bonds. The first-order valence-electron chi connectivity index (χ1n) is 6.99. The average molecular weight is 248 g/mol. The van der Waals surface area contributed by atoms with Gasteiger partial charge in [-0.1, -0.05) is 18.6 Å². The number of rotatable bonds is 2. The molecule has 0 radical (unpaired) electrons. The Balaban J connectivity index is 1.76. The second-order valence-electron chi connectivity index (χ2n) is 5.70. The normalized spacial score (nSPS) is 33.1. The first-order valence-corrected chi connectivity index (χ1v) is 6.99. The second-order valence-corrected chi connectivity index (χ2v) is 5.70. The molecule has 1 saturated heterocycles. The van der Waals surface area contributed by atoms with Crippen LogP contribution in [0.15, 0.2) is 24.3 Å². The van der Waals surface area contributed by atoms with Gasteiger partial charge < -0.3 is 5.73 Å². The standard InChI is InChI=1S/C15H21FN2/c16-12-6-4-11(5-7-12)14-2-1-3-15(14)18-9-8-13(17)10-18/h4-7,13-15H,1-3,8-10,17H2/t13-,14-,15+/m1/s1. The van der Waals surface area contributed by atoms with Crippen molar-refractivity contribution in [1.82, 2.24) is 4.90 Å². The maximum absolute atomic E-state index is 13.0. The van der Waals surface area contributed by atoms with Crippen molar-refractivity contribution >= 4 is 0 Å². The molecule has 2 fully saturated rings. The van der Waals surface area contributed by atoms with Crippen LogP contribution in [0.3, 0.4) is 0 Å². The molecular weight excluding hydrogens is 227 g/mol. The predicted octanol–water partition coefficient (Wildman–Crippen LogP) is 2.49. The Morgan fingerprint density at radius 3 is 2.56 bits per heavy atom. The van der Waals surface area contributed by atoms with Crippen LogP contribution in [-0.4, -0.2) is 30.1 Å². The van der Waals surface area contributed by atoms with E-state index >= 15 is 0 Å². The average Bonchev–Trinajstić information content (AvgIpc) is 2.98. The monoisotopic (exact) mass is 248 g/mol. The van der Waals surface area contributed by atoms with Gasteiger partial charge in [-0.05, 0) is 42.9 Å². The second kappa shape index (κ2) is 4.98. The van der Waals surface area contributed by atoms with E-state index in [-0.39, 0.29) is 5.82 Å². The van der Waals surface area contributed by atoms with E-state index in [1.54, 1.807) is 12.1 Å². The van der Waals surface area contributed by atoms with Gasteiger partial charge in [0.25, 0.3) is 0 Å². The smallest absolute Gasteiger partial charge is 0.123 e. The molecule has 0 bridgehead atoms. The molecule has 1 aliphatic heterocycles. The number of nitrogens with two attached hydrogens (primary N) is 1. The maximum Gasteiger partial charge on any atom is 0.123 e. The Morgan fingerprint density at radius 2 is 1.89 bits per heavy atom. The van der Waals surface area contributed by atoms with Gasteiger partial charge in [-0.15, -0.1) is 0 Å². The van der Waals surface area contributed by atoms with Gasteiger partial charge >= 0.3 is 0 Å². The van der Waals surface area contributed by atoms with Crippen LogP contribution in [0.1, 0.15) is 37.2 Å². The van der Waals surface area contributed by atoms with Crippen molar-refractivity contribution in [3.8, 4) is 0 Å². The summed E-state index contributed by atoms with van der Waals surface area (Å²) in [6, 6.07) is 8.03. The van der Waals surface area contributed by atoms with Crippen molar-refractivity contribution in [3.05, 3.63) is 35.6 Å². The van der Waals surface area contributed by atoms with Crippen LogP contribution < -0.4 is 5.73 Å². The van der Waals surface area contributed by atoms with Crippen LogP contribution in [0.5, 0.6) is 0 Å². The van der Waals surface area contributed by atoms with E-state index in [1.165, 1.54) is 24.8 Å².